The molecule has 0 aliphatic rings. The van der Waals surface area contributed by atoms with Crippen molar-refractivity contribution in [2.45, 2.75) is 52.5 Å². The third kappa shape index (κ3) is 4.74. The van der Waals surface area contributed by atoms with E-state index < -0.39 is 28.6 Å². The van der Waals surface area contributed by atoms with Crippen LogP contribution in [0.3, 0.4) is 0 Å². The minimum absolute atomic E-state index is 0.0542. The number of alkyl halides is 2. The molecule has 0 aliphatic heterocycles. The maximum Gasteiger partial charge on any atom is 0.319 e. The molecule has 0 fully saturated rings. The monoisotopic (exact) mass is 318 g/mol. The van der Waals surface area contributed by atoms with Gasteiger partial charge in [0.05, 0.1) is 4.92 Å². The van der Waals surface area contributed by atoms with Crippen LogP contribution in [0.25, 0.3) is 0 Å². The van der Waals surface area contributed by atoms with Gasteiger partial charge in [-0.3, -0.25) is 19.6 Å². The largest absolute Gasteiger partial charge is 0.354 e. The zero-order valence-electron chi connectivity index (χ0n) is 12.6. The number of nitro groups is 1. The average Bonchev–Trinajstić information content (AvgIpc) is 2.76. The van der Waals surface area contributed by atoms with Crippen molar-refractivity contribution in [3.8, 4) is 0 Å². The van der Waals surface area contributed by atoms with E-state index in [9.17, 15) is 23.7 Å². The van der Waals surface area contributed by atoms with Crippen LogP contribution in [-0.4, -0.2) is 27.2 Å². The molecule has 124 valence electrons. The van der Waals surface area contributed by atoms with Gasteiger partial charge in [0, 0.05) is 6.54 Å². The summed E-state index contributed by atoms with van der Waals surface area (Å²) in [6.07, 6.45) is 0.939. The fourth-order valence-corrected chi connectivity index (χ4v) is 2.06. The first-order valence-corrected chi connectivity index (χ1v) is 7.15. The second-order valence-corrected chi connectivity index (χ2v) is 4.95. The van der Waals surface area contributed by atoms with Gasteiger partial charge in [-0.1, -0.05) is 26.2 Å². The zero-order valence-corrected chi connectivity index (χ0v) is 12.6. The fourth-order valence-electron chi connectivity index (χ4n) is 2.06. The smallest absolute Gasteiger partial charge is 0.319 e. The van der Waals surface area contributed by atoms with Gasteiger partial charge in [-0.25, -0.2) is 8.78 Å². The van der Waals surface area contributed by atoms with Crippen molar-refractivity contribution < 1.29 is 18.5 Å². The lowest BCUT2D eigenvalue weighted by molar-refractivity contribution is -0.386. The molecular formula is C13H20F2N4O3. The standard InChI is InChI=1S/C13H20F2N4O3/c1-3-4-5-6-7-16-10(20)8-18-9(2)12(19(21)22)11(17-18)13(14)15/h13H,3-8H2,1-2H3,(H,16,20). The molecule has 0 bridgehead atoms. The Morgan fingerprint density at radius 1 is 1.41 bits per heavy atom. The second-order valence-electron chi connectivity index (χ2n) is 4.95. The number of nitrogens with one attached hydrogen (secondary N) is 1. The second kappa shape index (κ2) is 8.40. The predicted octanol–water partition coefficient (Wildman–Crippen LogP) is 2.73. The Morgan fingerprint density at radius 2 is 2.09 bits per heavy atom. The van der Waals surface area contributed by atoms with Gasteiger partial charge in [0.1, 0.15) is 12.2 Å². The maximum absolute atomic E-state index is 12.8. The quantitative estimate of drug-likeness (QED) is 0.430. The van der Waals surface area contributed by atoms with E-state index in [-0.39, 0.29) is 12.2 Å². The highest BCUT2D eigenvalue weighted by Crippen LogP contribution is 2.30. The normalized spacial score (nSPS) is 11.0. The molecule has 0 spiro atoms. The molecule has 0 aliphatic carbocycles. The molecule has 1 aromatic rings. The van der Waals surface area contributed by atoms with Gasteiger partial charge in [0.25, 0.3) is 6.43 Å². The van der Waals surface area contributed by atoms with E-state index in [1.54, 1.807) is 0 Å². The number of aromatic nitrogens is 2. The van der Waals surface area contributed by atoms with Crippen molar-refractivity contribution in [3.05, 3.63) is 21.5 Å². The number of rotatable bonds is 9. The summed E-state index contributed by atoms with van der Waals surface area (Å²) < 4.78 is 26.5. The lowest BCUT2D eigenvalue weighted by atomic mass is 10.2. The number of nitrogens with zero attached hydrogens (tertiary/aromatic N) is 3. The van der Waals surface area contributed by atoms with Gasteiger partial charge in [-0.2, -0.15) is 5.10 Å². The first-order valence-electron chi connectivity index (χ1n) is 7.15. The highest BCUT2D eigenvalue weighted by atomic mass is 19.3. The predicted molar refractivity (Wildman–Crippen MR) is 75.7 cm³/mol. The Bertz CT molecular complexity index is 532. The third-order valence-electron chi connectivity index (χ3n) is 3.24. The maximum atomic E-state index is 12.8. The summed E-state index contributed by atoms with van der Waals surface area (Å²) in [5.74, 6) is -0.405. The molecule has 0 saturated heterocycles. The zero-order chi connectivity index (χ0) is 16.7. The van der Waals surface area contributed by atoms with E-state index in [1.807, 2.05) is 0 Å². The van der Waals surface area contributed by atoms with E-state index in [2.05, 4.69) is 17.3 Å². The highest BCUT2D eigenvalue weighted by molar-refractivity contribution is 5.75. The summed E-state index contributed by atoms with van der Waals surface area (Å²) in [6.45, 7) is 3.55. The fraction of sp³-hybridized carbons (Fsp3) is 0.692. The molecule has 1 rings (SSSR count). The summed E-state index contributed by atoms with van der Waals surface area (Å²) in [5, 5.41) is 17.0. The van der Waals surface area contributed by atoms with Gasteiger partial charge < -0.3 is 5.32 Å². The lowest BCUT2D eigenvalue weighted by Crippen LogP contribution is -2.29. The Kier molecular flexibility index (Phi) is 6.87. The van der Waals surface area contributed by atoms with E-state index in [0.29, 0.717) is 6.54 Å². The van der Waals surface area contributed by atoms with E-state index in [4.69, 9.17) is 0 Å². The Balaban J connectivity index is 2.67. The summed E-state index contributed by atoms with van der Waals surface area (Å²) >= 11 is 0. The van der Waals surface area contributed by atoms with Crippen molar-refractivity contribution in [2.24, 2.45) is 0 Å². The molecule has 9 heteroatoms. The number of halogens is 2. The van der Waals surface area contributed by atoms with Crippen molar-refractivity contribution in [1.82, 2.24) is 15.1 Å². The van der Waals surface area contributed by atoms with Gasteiger partial charge in [0.15, 0.2) is 0 Å². The molecule has 1 heterocycles. The minimum atomic E-state index is -3.06. The van der Waals surface area contributed by atoms with E-state index >= 15 is 0 Å². The lowest BCUT2D eigenvalue weighted by Gasteiger charge is -2.06. The van der Waals surface area contributed by atoms with Gasteiger partial charge in [-0.05, 0) is 13.3 Å². The van der Waals surface area contributed by atoms with Crippen LogP contribution in [-0.2, 0) is 11.3 Å². The number of hydrogen-bond acceptors (Lipinski definition) is 4. The summed E-state index contributed by atoms with van der Waals surface area (Å²) in [4.78, 5) is 21.7. The van der Waals surface area contributed by atoms with E-state index in [0.717, 1.165) is 30.4 Å². The number of hydrogen-bond donors (Lipinski definition) is 1. The third-order valence-corrected chi connectivity index (χ3v) is 3.24. The SMILES string of the molecule is CCCCCCNC(=O)Cn1nc(C(F)F)c([N+](=O)[O-])c1C. The first-order chi connectivity index (χ1) is 10.4. The van der Waals surface area contributed by atoms with Crippen molar-refractivity contribution >= 4 is 11.6 Å². The number of carbonyl (C=O) groups excluding carboxylic acids is 1. The Labute approximate surface area is 126 Å². The summed E-state index contributed by atoms with van der Waals surface area (Å²) in [6, 6.07) is 0. The van der Waals surface area contributed by atoms with Gasteiger partial charge >= 0.3 is 5.69 Å². The van der Waals surface area contributed by atoms with Gasteiger partial charge in [0.2, 0.25) is 11.6 Å². The molecule has 0 atom stereocenters. The number of carbonyl (C=O) groups is 1. The van der Waals surface area contributed by atoms with Crippen LogP contribution in [0.15, 0.2) is 0 Å². The molecular weight excluding hydrogens is 298 g/mol. The molecule has 0 radical (unpaired) electrons. The molecule has 22 heavy (non-hydrogen) atoms. The van der Waals surface area contributed by atoms with Crippen LogP contribution in [0.2, 0.25) is 0 Å². The molecule has 1 aromatic heterocycles. The van der Waals surface area contributed by atoms with Crippen molar-refractivity contribution in [3.63, 3.8) is 0 Å². The summed E-state index contributed by atoms with van der Waals surface area (Å²) in [7, 11) is 0. The van der Waals surface area contributed by atoms with Crippen molar-refractivity contribution in [2.75, 3.05) is 6.54 Å². The molecule has 0 aromatic carbocycles. The average molecular weight is 318 g/mol. The van der Waals surface area contributed by atoms with Crippen LogP contribution >= 0.6 is 0 Å². The summed E-state index contributed by atoms with van der Waals surface area (Å²) in [5.41, 5.74) is -1.69. The Hall–Kier alpha value is -2.06. The van der Waals surface area contributed by atoms with Crippen LogP contribution < -0.4 is 5.32 Å². The van der Waals surface area contributed by atoms with Gasteiger partial charge in [-0.15, -0.1) is 0 Å². The van der Waals surface area contributed by atoms with Crippen LogP contribution in [0.1, 0.15) is 50.4 Å². The highest BCUT2D eigenvalue weighted by Gasteiger charge is 2.31. The Morgan fingerprint density at radius 3 is 2.59 bits per heavy atom. The molecule has 1 amide bonds. The van der Waals surface area contributed by atoms with Crippen LogP contribution in [0.5, 0.6) is 0 Å². The van der Waals surface area contributed by atoms with Crippen LogP contribution in [0.4, 0.5) is 14.5 Å². The molecule has 1 N–H and O–H groups in total. The number of unbranched alkanes of at least 4 members (excludes halogenated alkanes) is 3. The molecule has 0 saturated carbocycles. The molecule has 7 nitrogen and oxygen atoms in total. The minimum Gasteiger partial charge on any atom is -0.354 e. The first kappa shape index (κ1) is 18.0. The van der Waals surface area contributed by atoms with E-state index in [1.165, 1.54) is 6.92 Å². The van der Waals surface area contributed by atoms with Crippen molar-refractivity contribution in [1.29, 1.82) is 0 Å². The topological polar surface area (TPSA) is 90.1 Å². The van der Waals surface area contributed by atoms with Crippen LogP contribution in [0, 0.1) is 17.0 Å². The number of amides is 1. The molecule has 0 unspecified atom stereocenters.